The number of nitrogens with zero attached hydrogens (tertiary/aromatic N) is 2. The van der Waals surface area contributed by atoms with Crippen molar-refractivity contribution < 1.29 is 4.79 Å². The molecule has 3 rings (SSSR count). The van der Waals surface area contributed by atoms with Crippen molar-refractivity contribution in [3.05, 3.63) is 37.2 Å². The maximum atomic E-state index is 12.6. The Hall–Kier alpha value is -0.590. The number of aromatic nitrogens is 2. The van der Waals surface area contributed by atoms with Crippen LogP contribution in [0.25, 0.3) is 0 Å². The Balaban J connectivity index is 1.85. The molecule has 3 nitrogen and oxygen atoms in total. The minimum Gasteiger partial charge on any atom is -0.293 e. The molecule has 0 saturated carbocycles. The van der Waals surface area contributed by atoms with E-state index in [1.54, 1.807) is 11.3 Å². The number of hydrogen-bond donors (Lipinski definition) is 0. The summed E-state index contributed by atoms with van der Waals surface area (Å²) >= 11 is 7.20. The molecule has 0 N–H and O–H groups in total. The van der Waals surface area contributed by atoms with Gasteiger partial charge in [0.15, 0.2) is 5.78 Å². The number of carbonyl (C=O) groups excluding carboxylic acids is 1. The highest BCUT2D eigenvalue weighted by Gasteiger charge is 2.21. The van der Waals surface area contributed by atoms with Gasteiger partial charge in [-0.25, -0.2) is 0 Å². The maximum Gasteiger partial charge on any atom is 0.178 e. The third-order valence-corrected chi connectivity index (χ3v) is 7.00. The van der Waals surface area contributed by atoms with Crippen molar-refractivity contribution in [2.75, 3.05) is 5.75 Å². The molecule has 0 bridgehead atoms. The number of ketones is 1. The molecule has 0 spiro atoms. The van der Waals surface area contributed by atoms with E-state index in [0.29, 0.717) is 6.42 Å². The van der Waals surface area contributed by atoms with Gasteiger partial charge in [-0.15, -0.1) is 11.3 Å². The SMILES string of the molecule is CCn1nc(C)c(Br)c1CC(=O)c1cc2c(s1)CCSC2. The molecule has 0 unspecified atom stereocenters. The van der Waals surface area contributed by atoms with Crippen LogP contribution >= 0.6 is 39.0 Å². The van der Waals surface area contributed by atoms with Crippen LogP contribution < -0.4 is 0 Å². The summed E-state index contributed by atoms with van der Waals surface area (Å²) in [5.41, 5.74) is 3.29. The van der Waals surface area contributed by atoms with Crippen molar-refractivity contribution in [1.82, 2.24) is 9.78 Å². The van der Waals surface area contributed by atoms with Crippen molar-refractivity contribution in [1.29, 1.82) is 0 Å². The van der Waals surface area contributed by atoms with E-state index < -0.39 is 0 Å². The van der Waals surface area contributed by atoms with Crippen LogP contribution in [0.5, 0.6) is 0 Å². The molecule has 112 valence electrons. The molecular weight excluding hydrogens is 368 g/mol. The Morgan fingerprint density at radius 2 is 2.33 bits per heavy atom. The van der Waals surface area contributed by atoms with Crippen molar-refractivity contribution in [2.45, 2.75) is 39.0 Å². The smallest absolute Gasteiger partial charge is 0.178 e. The van der Waals surface area contributed by atoms with Crippen LogP contribution in [0.3, 0.4) is 0 Å². The van der Waals surface area contributed by atoms with E-state index in [9.17, 15) is 4.79 Å². The molecule has 6 heteroatoms. The summed E-state index contributed by atoms with van der Waals surface area (Å²) < 4.78 is 2.88. The van der Waals surface area contributed by atoms with E-state index in [0.717, 1.165) is 39.5 Å². The lowest BCUT2D eigenvalue weighted by molar-refractivity contribution is 0.0994. The summed E-state index contributed by atoms with van der Waals surface area (Å²) in [4.78, 5) is 14.9. The lowest BCUT2D eigenvalue weighted by Crippen LogP contribution is -2.09. The van der Waals surface area contributed by atoms with Crippen LogP contribution in [-0.4, -0.2) is 21.3 Å². The van der Waals surface area contributed by atoms with Crippen LogP contribution in [0.15, 0.2) is 10.5 Å². The van der Waals surface area contributed by atoms with E-state index in [1.165, 1.54) is 16.2 Å². The van der Waals surface area contributed by atoms with Gasteiger partial charge in [0, 0.05) is 17.2 Å². The Labute approximate surface area is 141 Å². The summed E-state index contributed by atoms with van der Waals surface area (Å²) in [6, 6.07) is 2.10. The van der Waals surface area contributed by atoms with Crippen LogP contribution in [0.1, 0.15) is 38.4 Å². The predicted octanol–water partition coefficient (Wildman–Crippen LogP) is 4.25. The van der Waals surface area contributed by atoms with Gasteiger partial charge in [-0.1, -0.05) is 0 Å². The second-order valence-corrected chi connectivity index (χ2v) is 8.16. The number of fused-ring (bicyclic) bond motifs is 1. The topological polar surface area (TPSA) is 34.9 Å². The Bertz CT molecular complexity index is 667. The molecule has 1 aliphatic heterocycles. The fourth-order valence-corrected chi connectivity index (χ4v) is 5.30. The van der Waals surface area contributed by atoms with Gasteiger partial charge in [0.2, 0.25) is 0 Å². The first-order valence-electron chi connectivity index (χ1n) is 7.04. The predicted molar refractivity (Wildman–Crippen MR) is 92.6 cm³/mol. The zero-order valence-electron chi connectivity index (χ0n) is 12.1. The first-order chi connectivity index (χ1) is 10.1. The second kappa shape index (κ2) is 6.26. The highest BCUT2D eigenvalue weighted by molar-refractivity contribution is 9.10. The molecule has 2 aromatic rings. The van der Waals surface area contributed by atoms with Gasteiger partial charge in [0.1, 0.15) is 0 Å². The third-order valence-electron chi connectivity index (χ3n) is 3.68. The first-order valence-corrected chi connectivity index (χ1v) is 9.81. The van der Waals surface area contributed by atoms with Crippen molar-refractivity contribution >= 4 is 44.8 Å². The molecule has 0 aromatic carbocycles. The zero-order chi connectivity index (χ0) is 15.0. The van der Waals surface area contributed by atoms with E-state index in [4.69, 9.17) is 0 Å². The quantitative estimate of drug-likeness (QED) is 0.738. The summed E-state index contributed by atoms with van der Waals surface area (Å²) in [6.45, 7) is 4.80. The lowest BCUT2D eigenvalue weighted by atomic mass is 10.1. The minimum absolute atomic E-state index is 0.203. The van der Waals surface area contributed by atoms with Gasteiger partial charge in [-0.05, 0) is 53.6 Å². The molecule has 21 heavy (non-hydrogen) atoms. The molecule has 0 saturated heterocycles. The highest BCUT2D eigenvalue weighted by atomic mass is 79.9. The summed E-state index contributed by atoms with van der Waals surface area (Å²) in [6.07, 6.45) is 1.52. The zero-order valence-corrected chi connectivity index (χ0v) is 15.3. The standard InChI is InChI=1S/C15H17BrN2OS2/c1-3-18-11(15(16)9(2)17-18)7-12(19)14-6-10-8-20-5-4-13(10)21-14/h6H,3-5,7-8H2,1-2H3. The van der Waals surface area contributed by atoms with Crippen molar-refractivity contribution in [3.8, 4) is 0 Å². The Kier molecular flexibility index (Phi) is 4.57. The van der Waals surface area contributed by atoms with Gasteiger partial charge in [-0.2, -0.15) is 16.9 Å². The average molecular weight is 385 g/mol. The summed E-state index contributed by atoms with van der Waals surface area (Å²) in [7, 11) is 0. The van der Waals surface area contributed by atoms with Gasteiger partial charge in [0.05, 0.1) is 27.2 Å². The Morgan fingerprint density at radius 1 is 1.52 bits per heavy atom. The molecule has 0 radical (unpaired) electrons. The fraction of sp³-hybridized carbons (Fsp3) is 0.467. The second-order valence-electron chi connectivity index (χ2n) is 5.12. The molecule has 0 fully saturated rings. The van der Waals surface area contributed by atoms with Gasteiger partial charge < -0.3 is 0 Å². The molecule has 0 amide bonds. The van der Waals surface area contributed by atoms with Crippen LogP contribution in [-0.2, 0) is 25.1 Å². The van der Waals surface area contributed by atoms with E-state index >= 15 is 0 Å². The fourth-order valence-electron chi connectivity index (χ4n) is 2.56. The molecule has 0 atom stereocenters. The van der Waals surface area contributed by atoms with Gasteiger partial charge in [0.25, 0.3) is 0 Å². The normalized spacial score (nSPS) is 14.2. The summed E-state index contributed by atoms with van der Waals surface area (Å²) in [5.74, 6) is 2.43. The lowest BCUT2D eigenvalue weighted by Gasteiger charge is -2.08. The van der Waals surface area contributed by atoms with Gasteiger partial charge in [-0.3, -0.25) is 9.48 Å². The molecule has 1 aliphatic rings. The number of Topliss-reactive ketones (excluding diaryl/α,β-unsaturated/α-hetero) is 1. The van der Waals surface area contributed by atoms with Crippen LogP contribution in [0, 0.1) is 6.92 Å². The number of carbonyl (C=O) groups is 1. The molecule has 3 heterocycles. The Morgan fingerprint density at radius 3 is 3.05 bits per heavy atom. The van der Waals surface area contributed by atoms with Crippen molar-refractivity contribution in [2.24, 2.45) is 0 Å². The molecule has 0 aliphatic carbocycles. The molecule has 2 aromatic heterocycles. The number of thiophene rings is 1. The highest BCUT2D eigenvalue weighted by Crippen LogP contribution is 2.32. The number of rotatable bonds is 4. The number of hydrogen-bond acceptors (Lipinski definition) is 4. The van der Waals surface area contributed by atoms with E-state index in [1.807, 2.05) is 30.3 Å². The third kappa shape index (κ3) is 2.98. The first kappa shape index (κ1) is 15.3. The largest absolute Gasteiger partial charge is 0.293 e. The number of aryl methyl sites for hydroxylation is 3. The van der Waals surface area contributed by atoms with Crippen molar-refractivity contribution in [3.63, 3.8) is 0 Å². The van der Waals surface area contributed by atoms with Crippen LogP contribution in [0.2, 0.25) is 0 Å². The average Bonchev–Trinajstić information content (AvgIpc) is 3.03. The van der Waals surface area contributed by atoms with Gasteiger partial charge >= 0.3 is 0 Å². The monoisotopic (exact) mass is 384 g/mol. The van der Waals surface area contributed by atoms with E-state index in [-0.39, 0.29) is 5.78 Å². The number of thioether (sulfide) groups is 1. The summed E-state index contributed by atoms with van der Waals surface area (Å²) in [5, 5.41) is 4.46. The minimum atomic E-state index is 0.203. The maximum absolute atomic E-state index is 12.6. The molecular formula is C15H17BrN2OS2. The van der Waals surface area contributed by atoms with Crippen LogP contribution in [0.4, 0.5) is 0 Å². The van der Waals surface area contributed by atoms with E-state index in [2.05, 4.69) is 27.1 Å². The number of halogens is 1.